The average molecular weight is 448 g/mol. The molecule has 0 saturated carbocycles. The summed E-state index contributed by atoms with van der Waals surface area (Å²) in [5.41, 5.74) is 1.11. The van der Waals surface area contributed by atoms with Crippen LogP contribution in [-0.2, 0) is 19.1 Å². The Kier molecular flexibility index (Phi) is 6.53. The molecule has 1 saturated heterocycles. The van der Waals surface area contributed by atoms with Gasteiger partial charge in [-0.3, -0.25) is 19.3 Å². The van der Waals surface area contributed by atoms with E-state index in [4.69, 9.17) is 9.47 Å². The van der Waals surface area contributed by atoms with E-state index >= 15 is 0 Å². The first-order valence-corrected chi connectivity index (χ1v) is 10.8. The van der Waals surface area contributed by atoms with Crippen molar-refractivity contribution in [1.82, 2.24) is 0 Å². The van der Waals surface area contributed by atoms with E-state index in [1.165, 1.54) is 29.2 Å². The van der Waals surface area contributed by atoms with E-state index in [1.54, 1.807) is 24.3 Å². The van der Waals surface area contributed by atoms with Crippen LogP contribution in [-0.4, -0.2) is 36.9 Å². The standard InChI is InChI=1S/C25H24N2O6/c1-2-32-21-10-6-5-9-20(21)26-22(28)15-33-25(31)16-11-13-17(14-12-16)27-23(29)18-7-3-4-8-19(18)24(27)30/h3-6,9-14,18-19H,2,7-8,15H2,1H3,(H,26,28)/t18-,19-/m1/s1. The van der Waals surface area contributed by atoms with Gasteiger partial charge in [-0.15, -0.1) is 0 Å². The summed E-state index contributed by atoms with van der Waals surface area (Å²) in [5, 5.41) is 2.65. The number of benzene rings is 2. The third-order valence-electron chi connectivity index (χ3n) is 5.66. The molecule has 8 heteroatoms. The summed E-state index contributed by atoms with van der Waals surface area (Å²) in [7, 11) is 0. The van der Waals surface area contributed by atoms with Gasteiger partial charge in [-0.05, 0) is 56.2 Å². The number of hydrogen-bond acceptors (Lipinski definition) is 6. The molecular weight excluding hydrogens is 424 g/mol. The Morgan fingerprint density at radius 2 is 1.61 bits per heavy atom. The molecule has 1 aliphatic carbocycles. The molecule has 1 heterocycles. The Balaban J connectivity index is 1.35. The first kappa shape index (κ1) is 22.3. The Labute approximate surface area is 191 Å². The fraction of sp³-hybridized carbons (Fsp3) is 0.280. The molecule has 0 unspecified atom stereocenters. The quantitative estimate of drug-likeness (QED) is 0.396. The summed E-state index contributed by atoms with van der Waals surface area (Å²) in [6, 6.07) is 13.0. The van der Waals surface area contributed by atoms with Crippen molar-refractivity contribution < 1.29 is 28.7 Å². The third-order valence-corrected chi connectivity index (χ3v) is 5.66. The minimum Gasteiger partial charge on any atom is -0.492 e. The van der Waals surface area contributed by atoms with Gasteiger partial charge in [0.1, 0.15) is 5.75 Å². The second kappa shape index (κ2) is 9.68. The van der Waals surface area contributed by atoms with Crippen LogP contribution in [0.3, 0.4) is 0 Å². The number of imide groups is 1. The summed E-state index contributed by atoms with van der Waals surface area (Å²) >= 11 is 0. The Morgan fingerprint density at radius 1 is 0.970 bits per heavy atom. The number of carbonyl (C=O) groups is 4. The zero-order valence-electron chi connectivity index (χ0n) is 18.2. The fourth-order valence-corrected chi connectivity index (χ4v) is 4.05. The Morgan fingerprint density at radius 3 is 2.24 bits per heavy atom. The monoisotopic (exact) mass is 448 g/mol. The second-order valence-electron chi connectivity index (χ2n) is 7.77. The molecule has 0 radical (unpaired) electrons. The average Bonchev–Trinajstić information content (AvgIpc) is 3.09. The Hall–Kier alpha value is -3.94. The van der Waals surface area contributed by atoms with Crippen LogP contribution >= 0.6 is 0 Å². The number of carbonyl (C=O) groups excluding carboxylic acids is 4. The first-order valence-electron chi connectivity index (χ1n) is 10.8. The predicted molar refractivity (Wildman–Crippen MR) is 121 cm³/mol. The van der Waals surface area contributed by atoms with Gasteiger partial charge in [0.15, 0.2) is 6.61 Å². The number of amides is 3. The van der Waals surface area contributed by atoms with Gasteiger partial charge >= 0.3 is 5.97 Å². The SMILES string of the molecule is CCOc1ccccc1NC(=O)COC(=O)c1ccc(N2C(=O)[C@@H]3CC=CC[C@H]3C2=O)cc1. The van der Waals surface area contributed by atoms with Crippen LogP contribution in [0.4, 0.5) is 11.4 Å². The third kappa shape index (κ3) is 4.64. The molecule has 0 bridgehead atoms. The van der Waals surface area contributed by atoms with E-state index in [-0.39, 0.29) is 29.2 Å². The minimum atomic E-state index is -0.688. The van der Waals surface area contributed by atoms with Crippen LogP contribution in [0.2, 0.25) is 0 Å². The van der Waals surface area contributed by atoms with Crippen molar-refractivity contribution >= 4 is 35.1 Å². The molecule has 0 aromatic heterocycles. The first-order chi connectivity index (χ1) is 16.0. The van der Waals surface area contributed by atoms with E-state index in [2.05, 4.69) is 5.32 Å². The molecule has 3 amide bonds. The van der Waals surface area contributed by atoms with E-state index in [1.807, 2.05) is 19.1 Å². The zero-order chi connectivity index (χ0) is 23.4. The lowest BCUT2D eigenvalue weighted by Gasteiger charge is -2.15. The summed E-state index contributed by atoms with van der Waals surface area (Å²) in [6.07, 6.45) is 4.99. The molecule has 8 nitrogen and oxygen atoms in total. The van der Waals surface area contributed by atoms with Crippen LogP contribution in [0.15, 0.2) is 60.7 Å². The van der Waals surface area contributed by atoms with Gasteiger partial charge in [0.05, 0.1) is 35.4 Å². The highest BCUT2D eigenvalue weighted by atomic mass is 16.5. The highest BCUT2D eigenvalue weighted by Gasteiger charge is 2.47. The highest BCUT2D eigenvalue weighted by Crippen LogP contribution is 2.37. The van der Waals surface area contributed by atoms with Crippen LogP contribution in [0.1, 0.15) is 30.1 Å². The molecule has 1 aliphatic heterocycles. The van der Waals surface area contributed by atoms with Crippen LogP contribution < -0.4 is 15.0 Å². The number of para-hydroxylation sites is 2. The van der Waals surface area contributed by atoms with Gasteiger partial charge in [0.2, 0.25) is 11.8 Å². The molecule has 4 rings (SSSR count). The highest BCUT2D eigenvalue weighted by molar-refractivity contribution is 6.22. The van der Waals surface area contributed by atoms with Gasteiger partial charge < -0.3 is 14.8 Å². The van der Waals surface area contributed by atoms with E-state index in [0.29, 0.717) is 36.6 Å². The molecular formula is C25H24N2O6. The number of ether oxygens (including phenoxy) is 2. The van der Waals surface area contributed by atoms with Crippen molar-refractivity contribution in [1.29, 1.82) is 0 Å². The summed E-state index contributed by atoms with van der Waals surface area (Å²) in [5.74, 6) is -1.74. The molecule has 2 atom stereocenters. The normalized spacial score (nSPS) is 19.2. The molecule has 2 aromatic rings. The molecule has 0 spiro atoms. The molecule has 1 fully saturated rings. The van der Waals surface area contributed by atoms with Crippen LogP contribution in [0.5, 0.6) is 5.75 Å². The zero-order valence-corrected chi connectivity index (χ0v) is 18.2. The number of hydrogen-bond donors (Lipinski definition) is 1. The maximum atomic E-state index is 12.7. The van der Waals surface area contributed by atoms with Crippen molar-refractivity contribution in [3.63, 3.8) is 0 Å². The maximum Gasteiger partial charge on any atom is 0.338 e. The van der Waals surface area contributed by atoms with Crippen molar-refractivity contribution in [3.8, 4) is 5.75 Å². The van der Waals surface area contributed by atoms with E-state index < -0.39 is 18.5 Å². The molecule has 1 N–H and O–H groups in total. The van der Waals surface area contributed by atoms with Crippen molar-refractivity contribution in [2.24, 2.45) is 11.8 Å². The number of allylic oxidation sites excluding steroid dienone is 2. The molecule has 2 aromatic carbocycles. The summed E-state index contributed by atoms with van der Waals surface area (Å²) in [6.45, 7) is 1.82. The van der Waals surface area contributed by atoms with Gasteiger partial charge in [-0.25, -0.2) is 4.79 Å². The van der Waals surface area contributed by atoms with E-state index in [0.717, 1.165) is 0 Å². The topological polar surface area (TPSA) is 102 Å². The number of nitrogens with one attached hydrogen (secondary N) is 1. The summed E-state index contributed by atoms with van der Waals surface area (Å²) in [4.78, 5) is 51.1. The summed E-state index contributed by atoms with van der Waals surface area (Å²) < 4.78 is 10.6. The van der Waals surface area contributed by atoms with E-state index in [9.17, 15) is 19.2 Å². The minimum absolute atomic E-state index is 0.208. The van der Waals surface area contributed by atoms with Crippen LogP contribution in [0, 0.1) is 11.8 Å². The lowest BCUT2D eigenvalue weighted by Crippen LogP contribution is -2.30. The number of nitrogens with zero attached hydrogens (tertiary/aromatic N) is 1. The fourth-order valence-electron chi connectivity index (χ4n) is 4.05. The number of anilines is 2. The maximum absolute atomic E-state index is 12.7. The van der Waals surface area contributed by atoms with Crippen molar-refractivity contribution in [2.75, 3.05) is 23.4 Å². The van der Waals surface area contributed by atoms with Gasteiger partial charge in [-0.2, -0.15) is 0 Å². The van der Waals surface area contributed by atoms with Gasteiger partial charge in [0, 0.05) is 0 Å². The van der Waals surface area contributed by atoms with Crippen LogP contribution in [0.25, 0.3) is 0 Å². The Bertz CT molecular complexity index is 1080. The number of fused-ring (bicyclic) bond motifs is 1. The second-order valence-corrected chi connectivity index (χ2v) is 7.77. The number of rotatable bonds is 7. The molecule has 170 valence electrons. The molecule has 33 heavy (non-hydrogen) atoms. The van der Waals surface area contributed by atoms with Gasteiger partial charge in [0.25, 0.3) is 5.91 Å². The van der Waals surface area contributed by atoms with Crippen molar-refractivity contribution in [3.05, 3.63) is 66.2 Å². The van der Waals surface area contributed by atoms with Crippen molar-refractivity contribution in [2.45, 2.75) is 19.8 Å². The predicted octanol–water partition coefficient (Wildman–Crippen LogP) is 3.34. The number of esters is 1. The van der Waals surface area contributed by atoms with Gasteiger partial charge in [-0.1, -0.05) is 24.3 Å². The molecule has 2 aliphatic rings. The largest absolute Gasteiger partial charge is 0.492 e. The lowest BCUT2D eigenvalue weighted by atomic mass is 9.85. The smallest absolute Gasteiger partial charge is 0.338 e. The lowest BCUT2D eigenvalue weighted by molar-refractivity contribution is -0.122.